The van der Waals surface area contributed by atoms with Gasteiger partial charge in [0, 0.05) is 23.7 Å². The normalized spacial score (nSPS) is 11.1. The van der Waals surface area contributed by atoms with E-state index in [0.717, 1.165) is 16.4 Å². The molecule has 0 aliphatic heterocycles. The number of thiophene rings is 1. The van der Waals surface area contributed by atoms with E-state index in [0.29, 0.717) is 12.2 Å². The van der Waals surface area contributed by atoms with Gasteiger partial charge in [0.15, 0.2) is 0 Å². The average Bonchev–Trinajstić information content (AvgIpc) is 2.68. The van der Waals surface area contributed by atoms with Crippen molar-refractivity contribution in [1.82, 2.24) is 4.90 Å². The van der Waals surface area contributed by atoms with Crippen LogP contribution >= 0.6 is 22.9 Å². The lowest BCUT2D eigenvalue weighted by atomic mass is 10.1. The average molecular weight is 285 g/mol. The van der Waals surface area contributed by atoms with Gasteiger partial charge in [0.2, 0.25) is 0 Å². The van der Waals surface area contributed by atoms with Gasteiger partial charge in [-0.25, -0.2) is 4.39 Å². The first-order valence-electron chi connectivity index (χ1n) is 5.51. The lowest BCUT2D eigenvalue weighted by Crippen LogP contribution is -2.17. The molecular formula is C13H14ClFN2S. The predicted octanol–water partition coefficient (Wildman–Crippen LogP) is 3.75. The second-order valence-corrected chi connectivity index (χ2v) is 6.02. The number of halogens is 2. The van der Waals surface area contributed by atoms with E-state index in [4.69, 9.17) is 17.3 Å². The van der Waals surface area contributed by atoms with Crippen LogP contribution in [-0.2, 0) is 13.1 Å². The van der Waals surface area contributed by atoms with Crippen molar-refractivity contribution in [2.75, 3.05) is 12.8 Å². The zero-order valence-electron chi connectivity index (χ0n) is 9.99. The summed E-state index contributed by atoms with van der Waals surface area (Å²) in [7, 11) is 2.00. The van der Waals surface area contributed by atoms with E-state index in [9.17, 15) is 4.39 Å². The van der Waals surface area contributed by atoms with Gasteiger partial charge in [0.1, 0.15) is 5.82 Å². The highest BCUT2D eigenvalue weighted by Gasteiger charge is 2.07. The molecule has 2 N–H and O–H groups in total. The Morgan fingerprint density at radius 1 is 1.28 bits per heavy atom. The third-order valence-electron chi connectivity index (χ3n) is 2.60. The summed E-state index contributed by atoms with van der Waals surface area (Å²) in [6, 6.07) is 8.41. The molecule has 0 fully saturated rings. The monoisotopic (exact) mass is 284 g/mol. The van der Waals surface area contributed by atoms with Gasteiger partial charge >= 0.3 is 0 Å². The van der Waals surface area contributed by atoms with Crippen molar-refractivity contribution >= 4 is 28.6 Å². The molecule has 0 amide bonds. The van der Waals surface area contributed by atoms with E-state index in [-0.39, 0.29) is 5.82 Å². The Morgan fingerprint density at radius 2 is 2.06 bits per heavy atom. The van der Waals surface area contributed by atoms with E-state index in [1.54, 1.807) is 17.4 Å². The summed E-state index contributed by atoms with van der Waals surface area (Å²) in [6.07, 6.45) is 0. The van der Waals surface area contributed by atoms with Crippen LogP contribution in [0.3, 0.4) is 0 Å². The Balaban J connectivity index is 2.00. The van der Waals surface area contributed by atoms with Crippen LogP contribution in [0.1, 0.15) is 10.4 Å². The van der Waals surface area contributed by atoms with Crippen molar-refractivity contribution in [1.29, 1.82) is 0 Å². The number of anilines is 1. The highest BCUT2D eigenvalue weighted by Crippen LogP contribution is 2.23. The zero-order valence-corrected chi connectivity index (χ0v) is 11.6. The Morgan fingerprint density at radius 3 is 2.67 bits per heavy atom. The standard InChI is InChI=1S/C13H14ClFN2S/c1-17(8-11-4-5-13(14)18-11)7-9-2-3-10(15)6-12(9)16/h2-6H,7-8,16H2,1H3. The largest absolute Gasteiger partial charge is 0.398 e. The maximum atomic E-state index is 12.9. The lowest BCUT2D eigenvalue weighted by molar-refractivity contribution is 0.322. The van der Waals surface area contributed by atoms with Crippen LogP contribution in [0.15, 0.2) is 30.3 Å². The fraction of sp³-hybridized carbons (Fsp3) is 0.231. The maximum absolute atomic E-state index is 12.9. The molecule has 18 heavy (non-hydrogen) atoms. The molecule has 2 nitrogen and oxygen atoms in total. The molecule has 0 aliphatic rings. The van der Waals surface area contributed by atoms with E-state index in [2.05, 4.69) is 4.90 Å². The third kappa shape index (κ3) is 3.45. The van der Waals surface area contributed by atoms with Crippen molar-refractivity contribution in [2.45, 2.75) is 13.1 Å². The van der Waals surface area contributed by atoms with E-state index >= 15 is 0 Å². The summed E-state index contributed by atoms with van der Waals surface area (Å²) in [5, 5.41) is 0. The van der Waals surface area contributed by atoms with Crippen molar-refractivity contribution in [3.63, 3.8) is 0 Å². The molecule has 1 aromatic carbocycles. The second kappa shape index (κ2) is 5.69. The van der Waals surface area contributed by atoms with Crippen LogP contribution in [0.5, 0.6) is 0 Å². The van der Waals surface area contributed by atoms with Gasteiger partial charge in [-0.15, -0.1) is 11.3 Å². The first-order valence-corrected chi connectivity index (χ1v) is 6.70. The summed E-state index contributed by atoms with van der Waals surface area (Å²) in [4.78, 5) is 3.31. The van der Waals surface area contributed by atoms with E-state index in [1.807, 2.05) is 19.2 Å². The molecular weight excluding hydrogens is 271 g/mol. The number of nitrogens with zero attached hydrogens (tertiary/aromatic N) is 1. The number of nitrogen functional groups attached to an aromatic ring is 1. The minimum absolute atomic E-state index is 0.302. The summed E-state index contributed by atoms with van der Waals surface area (Å²) < 4.78 is 13.7. The van der Waals surface area contributed by atoms with Crippen LogP contribution in [0, 0.1) is 5.82 Å². The third-order valence-corrected chi connectivity index (χ3v) is 3.82. The van der Waals surface area contributed by atoms with Crippen LogP contribution in [0.25, 0.3) is 0 Å². The fourth-order valence-corrected chi connectivity index (χ4v) is 2.93. The molecule has 96 valence electrons. The summed E-state index contributed by atoms with van der Waals surface area (Å²) in [5.41, 5.74) is 7.21. The van der Waals surface area contributed by atoms with Crippen LogP contribution < -0.4 is 5.73 Å². The Bertz CT molecular complexity index is 542. The van der Waals surface area contributed by atoms with Crippen molar-refractivity contribution in [3.8, 4) is 0 Å². The van der Waals surface area contributed by atoms with Crippen LogP contribution in [0.4, 0.5) is 10.1 Å². The van der Waals surface area contributed by atoms with Gasteiger partial charge < -0.3 is 5.73 Å². The minimum atomic E-state index is -0.302. The molecule has 0 atom stereocenters. The summed E-state index contributed by atoms with van der Waals surface area (Å²) >= 11 is 7.45. The Labute approximate surface area is 115 Å². The highest BCUT2D eigenvalue weighted by molar-refractivity contribution is 7.16. The molecule has 1 aromatic heterocycles. The fourth-order valence-electron chi connectivity index (χ4n) is 1.76. The van der Waals surface area contributed by atoms with Gasteiger partial charge in [-0.3, -0.25) is 4.90 Å². The highest BCUT2D eigenvalue weighted by atomic mass is 35.5. The molecule has 0 unspecified atom stereocenters. The second-order valence-electron chi connectivity index (χ2n) is 4.22. The maximum Gasteiger partial charge on any atom is 0.125 e. The molecule has 0 aliphatic carbocycles. The number of nitrogens with two attached hydrogens (primary N) is 1. The number of benzene rings is 1. The van der Waals surface area contributed by atoms with Gasteiger partial charge in [0.25, 0.3) is 0 Å². The Kier molecular flexibility index (Phi) is 4.22. The predicted molar refractivity (Wildman–Crippen MR) is 75.3 cm³/mol. The van der Waals surface area contributed by atoms with Crippen molar-refractivity contribution in [2.24, 2.45) is 0 Å². The molecule has 2 aromatic rings. The van der Waals surface area contributed by atoms with E-state index in [1.165, 1.54) is 17.0 Å². The first-order chi connectivity index (χ1) is 8.54. The first kappa shape index (κ1) is 13.3. The topological polar surface area (TPSA) is 29.3 Å². The van der Waals surface area contributed by atoms with Gasteiger partial charge in [-0.1, -0.05) is 17.7 Å². The molecule has 2 rings (SSSR count). The molecule has 0 radical (unpaired) electrons. The minimum Gasteiger partial charge on any atom is -0.398 e. The van der Waals surface area contributed by atoms with Crippen molar-refractivity contribution in [3.05, 3.63) is 50.9 Å². The zero-order chi connectivity index (χ0) is 13.1. The molecule has 0 spiro atoms. The van der Waals surface area contributed by atoms with Gasteiger partial charge in [-0.2, -0.15) is 0 Å². The van der Waals surface area contributed by atoms with Crippen molar-refractivity contribution < 1.29 is 4.39 Å². The summed E-state index contributed by atoms with van der Waals surface area (Å²) in [5.74, 6) is -0.302. The SMILES string of the molecule is CN(Cc1ccc(Cl)s1)Cc1ccc(F)cc1N. The molecule has 1 heterocycles. The van der Waals surface area contributed by atoms with Crippen LogP contribution in [-0.4, -0.2) is 11.9 Å². The number of hydrogen-bond acceptors (Lipinski definition) is 3. The van der Waals surface area contributed by atoms with Crippen LogP contribution in [0.2, 0.25) is 4.34 Å². The summed E-state index contributed by atoms with van der Waals surface area (Å²) in [6.45, 7) is 1.48. The molecule has 5 heteroatoms. The molecule has 0 bridgehead atoms. The van der Waals surface area contributed by atoms with Gasteiger partial charge in [0.05, 0.1) is 4.34 Å². The van der Waals surface area contributed by atoms with E-state index < -0.39 is 0 Å². The number of rotatable bonds is 4. The molecule has 0 saturated heterocycles. The molecule has 0 saturated carbocycles. The quantitative estimate of drug-likeness (QED) is 0.866. The van der Waals surface area contributed by atoms with Gasteiger partial charge in [-0.05, 0) is 36.9 Å². The number of hydrogen-bond donors (Lipinski definition) is 1. The Hall–Kier alpha value is -1.10. The smallest absolute Gasteiger partial charge is 0.125 e. The lowest BCUT2D eigenvalue weighted by Gasteiger charge is -2.16.